The molecule has 0 bridgehead atoms. The van der Waals surface area contributed by atoms with Gasteiger partial charge in [0.05, 0.1) is 13.0 Å². The van der Waals surface area contributed by atoms with Gasteiger partial charge in [0.1, 0.15) is 0 Å². The number of benzene rings is 2. The Morgan fingerprint density at radius 3 is 1.97 bits per heavy atom. The van der Waals surface area contributed by atoms with Crippen LogP contribution >= 0.6 is 0 Å². The Morgan fingerprint density at radius 2 is 1.53 bits per heavy atom. The molecule has 1 atom stereocenters. The zero-order valence-corrected chi connectivity index (χ0v) is 19.9. The van der Waals surface area contributed by atoms with Gasteiger partial charge in [-0.25, -0.2) is 0 Å². The smallest absolute Gasteiger partial charge is 0.308 e. The van der Waals surface area contributed by atoms with Crippen molar-refractivity contribution in [3.05, 3.63) is 73.3 Å². The maximum Gasteiger partial charge on any atom is 0.308 e. The van der Waals surface area contributed by atoms with E-state index in [1.807, 2.05) is 0 Å². The van der Waals surface area contributed by atoms with Gasteiger partial charge in [0.2, 0.25) is 0 Å². The highest BCUT2D eigenvalue weighted by molar-refractivity contribution is 6.99. The minimum atomic E-state index is -2.48. The first kappa shape index (κ1) is 24.1. The second-order valence-electron chi connectivity index (χ2n) is 8.75. The number of allylic oxidation sites excluding steroid dienone is 1. The third-order valence-corrected chi connectivity index (χ3v) is 10.7. The fourth-order valence-corrected chi connectivity index (χ4v) is 8.79. The van der Waals surface area contributed by atoms with Gasteiger partial charge in [-0.15, -0.1) is 6.58 Å². The van der Waals surface area contributed by atoms with Gasteiger partial charge < -0.3 is 9.16 Å². The number of hydrogen-bond acceptors (Lipinski definition) is 3. The minimum Gasteiger partial charge on any atom is -0.469 e. The van der Waals surface area contributed by atoms with Crippen LogP contribution in [-0.2, 0) is 14.0 Å². The summed E-state index contributed by atoms with van der Waals surface area (Å²) >= 11 is 0. The molecule has 0 spiro atoms. The summed E-state index contributed by atoms with van der Waals surface area (Å²) in [6, 6.07) is 21.4. The van der Waals surface area contributed by atoms with E-state index in [1.54, 1.807) is 6.08 Å². The largest absolute Gasteiger partial charge is 0.469 e. The van der Waals surface area contributed by atoms with Gasteiger partial charge in [-0.2, -0.15) is 0 Å². The molecule has 0 aliphatic carbocycles. The Morgan fingerprint density at radius 1 is 1.00 bits per heavy atom. The van der Waals surface area contributed by atoms with Crippen molar-refractivity contribution in [3.63, 3.8) is 0 Å². The predicted octanol–water partition coefficient (Wildman–Crippen LogP) is 5.10. The second kappa shape index (κ2) is 11.3. The molecule has 0 heterocycles. The van der Waals surface area contributed by atoms with Gasteiger partial charge in [0.25, 0.3) is 8.32 Å². The first-order valence-electron chi connectivity index (χ1n) is 10.8. The molecule has 3 nitrogen and oxygen atoms in total. The number of unbranched alkanes of at least 4 members (excludes halogenated alkanes) is 1. The first-order chi connectivity index (χ1) is 14.4. The molecule has 0 aliphatic heterocycles. The summed E-state index contributed by atoms with van der Waals surface area (Å²) in [6.07, 6.45) is 5.08. The number of hydrogen-bond donors (Lipinski definition) is 0. The van der Waals surface area contributed by atoms with Gasteiger partial charge >= 0.3 is 5.97 Å². The number of rotatable bonds is 11. The average Bonchev–Trinajstić information content (AvgIpc) is 2.75. The van der Waals surface area contributed by atoms with Crippen LogP contribution in [0.3, 0.4) is 0 Å². The molecule has 0 aliphatic rings. The van der Waals surface area contributed by atoms with Crippen LogP contribution in [-0.4, -0.2) is 28.0 Å². The Bertz CT molecular complexity index is 741. The summed E-state index contributed by atoms with van der Waals surface area (Å²) < 4.78 is 11.8. The van der Waals surface area contributed by atoms with Crippen molar-refractivity contribution in [1.29, 1.82) is 0 Å². The molecule has 0 radical (unpaired) electrons. The van der Waals surface area contributed by atoms with Crippen LogP contribution in [0, 0.1) is 5.92 Å². The van der Waals surface area contributed by atoms with Crippen molar-refractivity contribution < 1.29 is 14.0 Å². The van der Waals surface area contributed by atoms with Gasteiger partial charge in [0.15, 0.2) is 0 Å². The van der Waals surface area contributed by atoms with Crippen molar-refractivity contribution in [1.82, 2.24) is 0 Å². The fraction of sp³-hybridized carbons (Fsp3) is 0.423. The van der Waals surface area contributed by atoms with Crippen molar-refractivity contribution >= 4 is 24.7 Å². The molecule has 30 heavy (non-hydrogen) atoms. The SMILES string of the molecule is C=CCC(CCCCO[Si](c1ccccc1)(c1ccccc1)C(C)(C)C)C(=O)OC. The molecule has 2 aromatic carbocycles. The Balaban J connectivity index is 2.19. The van der Waals surface area contributed by atoms with E-state index in [4.69, 9.17) is 9.16 Å². The summed E-state index contributed by atoms with van der Waals surface area (Å²) in [5.74, 6) is -0.261. The molecule has 4 heteroatoms. The molecule has 0 aromatic heterocycles. The zero-order chi connectivity index (χ0) is 22.0. The van der Waals surface area contributed by atoms with Gasteiger partial charge in [-0.3, -0.25) is 4.79 Å². The Labute approximate surface area is 183 Å². The quantitative estimate of drug-likeness (QED) is 0.218. The van der Waals surface area contributed by atoms with Crippen molar-refractivity contribution in [2.24, 2.45) is 5.92 Å². The summed E-state index contributed by atoms with van der Waals surface area (Å²) in [6.45, 7) is 11.3. The van der Waals surface area contributed by atoms with E-state index in [9.17, 15) is 4.79 Å². The van der Waals surface area contributed by atoms with E-state index < -0.39 is 8.32 Å². The molecule has 0 fully saturated rings. The van der Waals surface area contributed by atoms with E-state index >= 15 is 0 Å². The highest BCUT2D eigenvalue weighted by Crippen LogP contribution is 2.36. The van der Waals surface area contributed by atoms with Crippen LogP contribution in [0.2, 0.25) is 5.04 Å². The molecule has 1 unspecified atom stereocenters. The van der Waals surface area contributed by atoms with Crippen molar-refractivity contribution in [2.75, 3.05) is 13.7 Å². The van der Waals surface area contributed by atoms with Gasteiger partial charge in [-0.1, -0.05) is 93.9 Å². The van der Waals surface area contributed by atoms with Crippen LogP contribution in [0.25, 0.3) is 0 Å². The van der Waals surface area contributed by atoms with E-state index in [1.165, 1.54) is 17.5 Å². The standard InChI is InChI=1S/C26H36O3Si/c1-6-15-22(25(27)28-5)16-13-14-21-29-30(26(2,3)4,23-17-9-7-10-18-23)24-19-11-8-12-20-24/h6-12,17-20,22H,1,13-16,21H2,2-5H3. The molecular weight excluding hydrogens is 388 g/mol. The molecular formula is C26H36O3Si. The van der Waals surface area contributed by atoms with Gasteiger partial charge in [0, 0.05) is 6.61 Å². The maximum atomic E-state index is 11.9. The number of ether oxygens (including phenoxy) is 1. The Hall–Kier alpha value is -2.17. The number of carbonyl (C=O) groups is 1. The lowest BCUT2D eigenvalue weighted by Crippen LogP contribution is -2.66. The topological polar surface area (TPSA) is 35.5 Å². The molecule has 0 amide bonds. The highest BCUT2D eigenvalue weighted by atomic mass is 28.4. The predicted molar refractivity (Wildman–Crippen MR) is 128 cm³/mol. The summed E-state index contributed by atoms with van der Waals surface area (Å²) in [4.78, 5) is 11.9. The molecule has 0 N–H and O–H groups in total. The summed E-state index contributed by atoms with van der Waals surface area (Å²) in [5, 5.41) is 2.57. The molecule has 0 saturated heterocycles. The van der Waals surface area contributed by atoms with Crippen LogP contribution in [0.1, 0.15) is 46.5 Å². The number of esters is 1. The lowest BCUT2D eigenvalue weighted by Gasteiger charge is -2.43. The van der Waals surface area contributed by atoms with E-state index in [-0.39, 0.29) is 16.9 Å². The van der Waals surface area contributed by atoms with E-state index in [2.05, 4.69) is 88.0 Å². The van der Waals surface area contributed by atoms with Crippen LogP contribution in [0.4, 0.5) is 0 Å². The normalized spacial score (nSPS) is 12.9. The maximum absolute atomic E-state index is 11.9. The van der Waals surface area contributed by atoms with Crippen molar-refractivity contribution in [2.45, 2.75) is 51.5 Å². The third-order valence-electron chi connectivity index (χ3n) is 5.67. The van der Waals surface area contributed by atoms with E-state index in [0.717, 1.165) is 19.3 Å². The van der Waals surface area contributed by atoms with E-state index in [0.29, 0.717) is 13.0 Å². The van der Waals surface area contributed by atoms with Gasteiger partial charge in [-0.05, 0) is 34.7 Å². The second-order valence-corrected chi connectivity index (χ2v) is 13.1. The minimum absolute atomic E-state index is 0.0207. The fourth-order valence-electron chi connectivity index (χ4n) is 4.18. The Kier molecular flexibility index (Phi) is 9.06. The molecule has 2 rings (SSSR count). The summed E-state index contributed by atoms with van der Waals surface area (Å²) in [5.41, 5.74) is 0. The van der Waals surface area contributed by atoms with Crippen molar-refractivity contribution in [3.8, 4) is 0 Å². The first-order valence-corrected chi connectivity index (χ1v) is 12.7. The van der Waals surface area contributed by atoms with Crippen LogP contribution in [0.15, 0.2) is 73.3 Å². The monoisotopic (exact) mass is 424 g/mol. The number of methoxy groups -OCH3 is 1. The molecule has 0 saturated carbocycles. The molecule has 2 aromatic rings. The molecule has 162 valence electrons. The lowest BCUT2D eigenvalue weighted by atomic mass is 9.99. The van der Waals surface area contributed by atoms with Crippen LogP contribution < -0.4 is 10.4 Å². The lowest BCUT2D eigenvalue weighted by molar-refractivity contribution is -0.145. The average molecular weight is 425 g/mol. The zero-order valence-electron chi connectivity index (χ0n) is 18.9. The third kappa shape index (κ3) is 5.70. The number of carbonyl (C=O) groups excluding carboxylic acids is 1. The highest BCUT2D eigenvalue weighted by Gasteiger charge is 2.49. The summed E-state index contributed by atoms with van der Waals surface area (Å²) in [7, 11) is -1.03. The van der Waals surface area contributed by atoms with Crippen LogP contribution in [0.5, 0.6) is 0 Å².